The van der Waals surface area contributed by atoms with Crippen LogP contribution < -0.4 is 0 Å². The molecule has 2 bridgehead atoms. The molecule has 1 aliphatic heterocycles. The van der Waals surface area contributed by atoms with Gasteiger partial charge in [-0.3, -0.25) is 0 Å². The summed E-state index contributed by atoms with van der Waals surface area (Å²) in [4.78, 5) is 4.65. The average molecular weight is 417 g/mol. The molecule has 1 aromatic heterocycles. The minimum absolute atomic E-state index is 0.320. The van der Waals surface area contributed by atoms with Crippen LogP contribution in [0.3, 0.4) is 0 Å². The van der Waals surface area contributed by atoms with Gasteiger partial charge in [0.25, 0.3) is 0 Å². The van der Waals surface area contributed by atoms with Crippen LogP contribution in [-0.2, 0) is 16.8 Å². The second-order valence-electron chi connectivity index (χ2n) is 5.05. The summed E-state index contributed by atoms with van der Waals surface area (Å²) in [7, 11) is 0. The Labute approximate surface area is 106 Å². The molecule has 0 amide bonds. The molecule has 0 N–H and O–H groups in total. The van der Waals surface area contributed by atoms with Crippen LogP contribution in [0, 0.1) is 0 Å². The molecule has 1 aromatic rings. The molecule has 0 spiro atoms. The Bertz CT molecular complexity index is 371. The fourth-order valence-electron chi connectivity index (χ4n) is 1.86. The number of fused-ring (bicyclic) bond motifs is 2. The van der Waals surface area contributed by atoms with Gasteiger partial charge in [-0.15, -0.1) is 0 Å². The van der Waals surface area contributed by atoms with E-state index >= 15 is 0 Å². The topological polar surface area (TPSA) is 31.4 Å². The molecule has 2 heterocycles. The van der Waals surface area contributed by atoms with Gasteiger partial charge in [-0.25, -0.2) is 0 Å². The summed E-state index contributed by atoms with van der Waals surface area (Å²) in [5.41, 5.74) is 1.37. The number of pyridine rings is 1. The van der Waals surface area contributed by atoms with Crippen LogP contribution in [0.25, 0.3) is 0 Å². The summed E-state index contributed by atoms with van der Waals surface area (Å²) in [6, 6.07) is 6.09. The van der Waals surface area contributed by atoms with Crippen LogP contribution in [0.15, 0.2) is 18.2 Å². The maximum absolute atomic E-state index is 6.07. The van der Waals surface area contributed by atoms with Crippen LogP contribution in [0.1, 0.15) is 39.1 Å². The molecule has 0 saturated heterocycles. The van der Waals surface area contributed by atoms with E-state index in [0.29, 0.717) is 0 Å². The first kappa shape index (κ1) is 12.4. The summed E-state index contributed by atoms with van der Waals surface area (Å²) >= 11 is -2.28. The van der Waals surface area contributed by atoms with Gasteiger partial charge in [-0.1, -0.05) is 0 Å². The molecule has 0 fully saturated rings. The fourth-order valence-corrected chi connectivity index (χ4v) is 7.73. The molecule has 0 unspecified atom stereocenters. The number of rotatable bonds is 0. The first-order chi connectivity index (χ1) is 7.31. The number of hydrogen-bond acceptors (Lipinski definition) is 3. The van der Waals surface area contributed by atoms with Crippen molar-refractivity contribution >= 4 is 22.6 Å². The van der Waals surface area contributed by atoms with Gasteiger partial charge < -0.3 is 0 Å². The summed E-state index contributed by atoms with van der Waals surface area (Å²) in [6.45, 7) is 8.25. The van der Waals surface area contributed by atoms with E-state index in [9.17, 15) is 0 Å². The normalized spacial score (nSPS) is 23.6. The van der Waals surface area contributed by atoms with Crippen molar-refractivity contribution in [1.82, 2.24) is 4.98 Å². The Hall–Kier alpha value is -0.0469. The first-order valence-electron chi connectivity index (χ1n) is 5.41. The van der Waals surface area contributed by atoms with E-state index in [1.165, 1.54) is 0 Å². The van der Waals surface area contributed by atoms with Gasteiger partial charge >= 0.3 is 106 Å². The summed E-state index contributed by atoms with van der Waals surface area (Å²) in [6.07, 6.45) is 0. The molecule has 0 saturated carbocycles. The molecule has 2 rings (SSSR count). The molecule has 0 aromatic carbocycles. The van der Waals surface area contributed by atoms with Crippen molar-refractivity contribution in [3.8, 4) is 0 Å². The van der Waals surface area contributed by atoms with Crippen LogP contribution in [0.5, 0.6) is 0 Å². The van der Waals surface area contributed by atoms with Crippen LogP contribution in [0.4, 0.5) is 0 Å². The van der Waals surface area contributed by atoms with E-state index in [0.717, 1.165) is 11.4 Å². The second-order valence-corrected chi connectivity index (χ2v) is 9.89. The zero-order valence-corrected chi connectivity index (χ0v) is 13.9. The average Bonchev–Trinajstić information content (AvgIpc) is 2.15. The van der Waals surface area contributed by atoms with Crippen molar-refractivity contribution in [3.63, 3.8) is 0 Å². The van der Waals surface area contributed by atoms with Crippen LogP contribution in [-0.4, -0.2) is 27.6 Å². The minimum atomic E-state index is -2.28. The zero-order chi connectivity index (χ0) is 12.0. The monoisotopic (exact) mass is 417 g/mol. The first-order valence-corrected chi connectivity index (χ1v) is 11.7. The predicted octanol–water partition coefficient (Wildman–Crippen LogP) is 2.72. The Morgan fingerprint density at radius 1 is 1.00 bits per heavy atom. The Morgan fingerprint density at radius 2 is 1.44 bits per heavy atom. The van der Waals surface area contributed by atoms with Crippen LogP contribution >= 0.6 is 0 Å². The standard InChI is InChI=1S/C11H15NO2.CH3.Bi/c1-10(2,13)8-6-5-7-9(12-8)11(3,4)14;;/h5-7H,1-4H3;1H3;/q-2;;+2. The number of nitrogens with zero attached hydrogens (tertiary/aromatic N) is 1. The molecule has 0 radical (unpaired) electrons. The second kappa shape index (κ2) is 4.01. The molecular formula is C12H18BiNO2. The number of hydrogen-bond donors (Lipinski definition) is 0. The van der Waals surface area contributed by atoms with Crippen LogP contribution in [0.2, 0.25) is 4.63 Å². The summed E-state index contributed by atoms with van der Waals surface area (Å²) in [5.74, 6) is 0. The molecule has 0 atom stereocenters. The van der Waals surface area contributed by atoms with Crippen molar-refractivity contribution in [2.24, 2.45) is 0 Å². The van der Waals surface area contributed by atoms with Gasteiger partial charge in [0.2, 0.25) is 0 Å². The molecular weight excluding hydrogens is 399 g/mol. The molecule has 4 heteroatoms. The van der Waals surface area contributed by atoms with E-state index in [1.54, 1.807) is 0 Å². The van der Waals surface area contributed by atoms with E-state index in [2.05, 4.69) is 37.3 Å². The molecule has 16 heavy (non-hydrogen) atoms. The van der Waals surface area contributed by atoms with Gasteiger partial charge in [-0.2, -0.15) is 0 Å². The molecule has 88 valence electrons. The predicted molar refractivity (Wildman–Crippen MR) is 64.1 cm³/mol. The Morgan fingerprint density at radius 3 is 1.88 bits per heavy atom. The van der Waals surface area contributed by atoms with Crippen molar-refractivity contribution in [1.29, 1.82) is 0 Å². The van der Waals surface area contributed by atoms with Gasteiger partial charge in [0.05, 0.1) is 0 Å². The third-order valence-electron chi connectivity index (χ3n) is 2.70. The van der Waals surface area contributed by atoms with E-state index in [4.69, 9.17) is 5.63 Å². The maximum atomic E-state index is 6.07. The van der Waals surface area contributed by atoms with Gasteiger partial charge in [0.1, 0.15) is 0 Å². The Kier molecular flexibility index (Phi) is 3.11. The number of aromatic nitrogens is 1. The van der Waals surface area contributed by atoms with Crippen molar-refractivity contribution in [3.05, 3.63) is 29.6 Å². The molecule has 1 aliphatic rings. The summed E-state index contributed by atoms with van der Waals surface area (Å²) in [5, 5.41) is 0. The third kappa shape index (κ3) is 2.29. The van der Waals surface area contributed by atoms with Gasteiger partial charge in [0, 0.05) is 0 Å². The van der Waals surface area contributed by atoms with Crippen molar-refractivity contribution < 1.29 is 5.63 Å². The SMILES string of the molecule is [CH3][Bi]1[O]C(C)(C)c2cccc(n2)C(C)(C)[O]1. The summed E-state index contributed by atoms with van der Waals surface area (Å²) < 4.78 is 14.3. The van der Waals surface area contributed by atoms with E-state index in [1.807, 2.05) is 18.2 Å². The quantitative estimate of drug-likeness (QED) is 0.609. The Balaban J connectivity index is 2.55. The van der Waals surface area contributed by atoms with E-state index < -0.39 is 22.6 Å². The zero-order valence-electron chi connectivity index (χ0n) is 10.4. The fraction of sp³-hybridized carbons (Fsp3) is 0.583. The third-order valence-corrected chi connectivity index (χ3v) is 8.24. The van der Waals surface area contributed by atoms with E-state index in [-0.39, 0.29) is 11.2 Å². The van der Waals surface area contributed by atoms with Crippen molar-refractivity contribution in [2.75, 3.05) is 0 Å². The van der Waals surface area contributed by atoms with Gasteiger partial charge in [0.15, 0.2) is 0 Å². The van der Waals surface area contributed by atoms with Gasteiger partial charge in [-0.05, 0) is 0 Å². The van der Waals surface area contributed by atoms with Crippen molar-refractivity contribution in [2.45, 2.75) is 43.5 Å². The molecule has 0 aliphatic carbocycles. The molecule has 3 nitrogen and oxygen atoms in total.